The number of hydrogen-bond acceptors (Lipinski definition) is 4. The van der Waals surface area contributed by atoms with Crippen LogP contribution in [0.2, 0.25) is 0 Å². The van der Waals surface area contributed by atoms with Crippen LogP contribution in [0.15, 0.2) is 30.5 Å². The Morgan fingerprint density at radius 2 is 2.29 bits per heavy atom. The standard InChI is InChI=1S/C12H16N4O/c1-17-12-6-2-4-10(8-12)16-11(5-3-7-13)9-14-15-16/h2,4,6,8-9H,3,5,7,13H2,1H3. The lowest BCUT2D eigenvalue weighted by Gasteiger charge is -2.07. The van der Waals surface area contributed by atoms with Crippen molar-refractivity contribution in [1.29, 1.82) is 0 Å². The highest BCUT2D eigenvalue weighted by Crippen LogP contribution is 2.17. The average Bonchev–Trinajstić information content (AvgIpc) is 2.84. The van der Waals surface area contributed by atoms with Crippen molar-refractivity contribution >= 4 is 0 Å². The van der Waals surface area contributed by atoms with E-state index in [1.165, 1.54) is 0 Å². The summed E-state index contributed by atoms with van der Waals surface area (Å²) in [6.07, 6.45) is 3.58. The van der Waals surface area contributed by atoms with Crippen molar-refractivity contribution in [1.82, 2.24) is 15.0 Å². The molecule has 0 bridgehead atoms. The third kappa shape index (κ3) is 2.62. The van der Waals surface area contributed by atoms with Crippen molar-refractivity contribution in [3.8, 4) is 11.4 Å². The van der Waals surface area contributed by atoms with Gasteiger partial charge in [-0.1, -0.05) is 11.3 Å². The van der Waals surface area contributed by atoms with Crippen LogP contribution < -0.4 is 10.5 Å². The fourth-order valence-electron chi connectivity index (χ4n) is 1.67. The maximum absolute atomic E-state index is 5.51. The number of aromatic nitrogens is 3. The van der Waals surface area contributed by atoms with Gasteiger partial charge in [-0.05, 0) is 31.5 Å². The maximum Gasteiger partial charge on any atom is 0.121 e. The molecule has 0 aliphatic carbocycles. The van der Waals surface area contributed by atoms with Crippen molar-refractivity contribution in [2.75, 3.05) is 13.7 Å². The Morgan fingerprint density at radius 1 is 1.41 bits per heavy atom. The summed E-state index contributed by atoms with van der Waals surface area (Å²) in [6.45, 7) is 0.670. The number of rotatable bonds is 5. The molecule has 1 aromatic heterocycles. The van der Waals surface area contributed by atoms with E-state index in [1.54, 1.807) is 13.3 Å². The summed E-state index contributed by atoms with van der Waals surface area (Å²) in [7, 11) is 1.65. The van der Waals surface area contributed by atoms with Gasteiger partial charge in [0, 0.05) is 6.07 Å². The second-order valence-corrected chi connectivity index (χ2v) is 3.73. The van der Waals surface area contributed by atoms with E-state index in [0.717, 1.165) is 30.0 Å². The summed E-state index contributed by atoms with van der Waals surface area (Å²) >= 11 is 0. The van der Waals surface area contributed by atoms with Crippen molar-refractivity contribution in [3.63, 3.8) is 0 Å². The van der Waals surface area contributed by atoms with E-state index < -0.39 is 0 Å². The summed E-state index contributed by atoms with van der Waals surface area (Å²) < 4.78 is 7.01. The minimum atomic E-state index is 0.670. The van der Waals surface area contributed by atoms with Gasteiger partial charge < -0.3 is 10.5 Å². The van der Waals surface area contributed by atoms with Crippen LogP contribution in [0.1, 0.15) is 12.1 Å². The molecule has 0 fully saturated rings. The van der Waals surface area contributed by atoms with E-state index in [-0.39, 0.29) is 0 Å². The first kappa shape index (κ1) is 11.6. The van der Waals surface area contributed by atoms with Crippen LogP contribution in [-0.4, -0.2) is 28.6 Å². The van der Waals surface area contributed by atoms with Crippen LogP contribution in [0.4, 0.5) is 0 Å². The Labute approximate surface area is 100 Å². The number of methoxy groups -OCH3 is 1. The molecule has 1 heterocycles. The predicted octanol–water partition coefficient (Wildman–Crippen LogP) is 1.17. The quantitative estimate of drug-likeness (QED) is 0.840. The van der Waals surface area contributed by atoms with E-state index in [4.69, 9.17) is 10.5 Å². The Hall–Kier alpha value is -1.88. The first-order valence-electron chi connectivity index (χ1n) is 5.59. The molecule has 0 radical (unpaired) electrons. The summed E-state index contributed by atoms with van der Waals surface area (Å²) in [6, 6.07) is 7.74. The average molecular weight is 232 g/mol. The first-order chi connectivity index (χ1) is 8.35. The minimum absolute atomic E-state index is 0.670. The van der Waals surface area contributed by atoms with Gasteiger partial charge in [0.15, 0.2) is 0 Å². The van der Waals surface area contributed by atoms with Gasteiger partial charge in [0.2, 0.25) is 0 Å². The number of nitrogens with two attached hydrogens (primary N) is 1. The van der Waals surface area contributed by atoms with Crippen molar-refractivity contribution in [2.45, 2.75) is 12.8 Å². The zero-order chi connectivity index (χ0) is 12.1. The summed E-state index contributed by atoms with van der Waals surface area (Å²) in [5.41, 5.74) is 7.52. The van der Waals surface area contributed by atoms with Crippen molar-refractivity contribution < 1.29 is 4.74 Å². The molecule has 2 rings (SSSR count). The molecule has 1 aromatic carbocycles. The van der Waals surface area contributed by atoms with Gasteiger partial charge in [-0.2, -0.15) is 0 Å². The van der Waals surface area contributed by atoms with Gasteiger partial charge in [-0.25, -0.2) is 4.68 Å². The third-order valence-electron chi connectivity index (χ3n) is 2.55. The lowest BCUT2D eigenvalue weighted by atomic mass is 10.2. The molecule has 17 heavy (non-hydrogen) atoms. The highest BCUT2D eigenvalue weighted by molar-refractivity contribution is 5.39. The number of nitrogens with zero attached hydrogens (tertiary/aromatic N) is 3. The van der Waals surface area contributed by atoms with Crippen LogP contribution in [0.25, 0.3) is 5.69 Å². The second kappa shape index (κ2) is 5.45. The highest BCUT2D eigenvalue weighted by Gasteiger charge is 2.06. The predicted molar refractivity (Wildman–Crippen MR) is 65.3 cm³/mol. The number of ether oxygens (including phenoxy) is 1. The number of benzene rings is 1. The lowest BCUT2D eigenvalue weighted by Crippen LogP contribution is -2.06. The molecule has 0 aliphatic heterocycles. The minimum Gasteiger partial charge on any atom is -0.497 e. The first-order valence-corrected chi connectivity index (χ1v) is 5.59. The van der Waals surface area contributed by atoms with Gasteiger partial charge in [-0.15, -0.1) is 5.10 Å². The normalized spacial score (nSPS) is 10.5. The number of aryl methyl sites for hydroxylation is 1. The third-order valence-corrected chi connectivity index (χ3v) is 2.55. The largest absolute Gasteiger partial charge is 0.497 e. The highest BCUT2D eigenvalue weighted by atomic mass is 16.5. The van der Waals surface area contributed by atoms with Crippen LogP contribution in [0, 0.1) is 0 Å². The fraction of sp³-hybridized carbons (Fsp3) is 0.333. The van der Waals surface area contributed by atoms with Crippen molar-refractivity contribution in [2.24, 2.45) is 5.73 Å². The van der Waals surface area contributed by atoms with E-state index in [0.29, 0.717) is 6.54 Å². The van der Waals surface area contributed by atoms with Crippen molar-refractivity contribution in [3.05, 3.63) is 36.2 Å². The van der Waals surface area contributed by atoms with E-state index in [2.05, 4.69) is 10.3 Å². The van der Waals surface area contributed by atoms with Crippen LogP contribution >= 0.6 is 0 Å². The Kier molecular flexibility index (Phi) is 3.72. The van der Waals surface area contributed by atoms with E-state index >= 15 is 0 Å². The summed E-state index contributed by atoms with van der Waals surface area (Å²) in [4.78, 5) is 0. The molecule has 0 saturated carbocycles. The molecular weight excluding hydrogens is 216 g/mol. The zero-order valence-electron chi connectivity index (χ0n) is 9.84. The molecule has 0 amide bonds. The maximum atomic E-state index is 5.51. The zero-order valence-corrected chi connectivity index (χ0v) is 9.84. The van der Waals surface area contributed by atoms with Gasteiger partial charge in [0.05, 0.1) is 24.7 Å². The molecule has 5 nitrogen and oxygen atoms in total. The molecule has 5 heteroatoms. The molecule has 0 saturated heterocycles. The Morgan fingerprint density at radius 3 is 3.06 bits per heavy atom. The van der Waals surface area contributed by atoms with Gasteiger partial charge in [0.25, 0.3) is 0 Å². The SMILES string of the molecule is COc1cccc(-n2nncc2CCCN)c1. The molecule has 0 aliphatic rings. The molecule has 0 atom stereocenters. The monoisotopic (exact) mass is 232 g/mol. The van der Waals surface area contributed by atoms with Gasteiger partial charge in [0.1, 0.15) is 5.75 Å². The van der Waals surface area contributed by atoms with Crippen LogP contribution in [-0.2, 0) is 6.42 Å². The molecule has 0 unspecified atom stereocenters. The van der Waals surface area contributed by atoms with Gasteiger partial charge in [-0.3, -0.25) is 0 Å². The summed E-state index contributed by atoms with van der Waals surface area (Å²) in [5.74, 6) is 0.808. The Balaban J connectivity index is 2.28. The molecule has 2 aromatic rings. The molecule has 2 N–H and O–H groups in total. The van der Waals surface area contributed by atoms with E-state index in [9.17, 15) is 0 Å². The van der Waals surface area contributed by atoms with E-state index in [1.807, 2.05) is 28.9 Å². The van der Waals surface area contributed by atoms with Gasteiger partial charge >= 0.3 is 0 Å². The smallest absolute Gasteiger partial charge is 0.121 e. The fourth-order valence-corrected chi connectivity index (χ4v) is 1.67. The molecule has 90 valence electrons. The second-order valence-electron chi connectivity index (χ2n) is 3.73. The Bertz CT molecular complexity index is 481. The number of hydrogen-bond donors (Lipinski definition) is 1. The van der Waals surface area contributed by atoms with Crippen LogP contribution in [0.5, 0.6) is 5.75 Å². The van der Waals surface area contributed by atoms with Crippen LogP contribution in [0.3, 0.4) is 0 Å². The molecule has 0 spiro atoms. The summed E-state index contributed by atoms with van der Waals surface area (Å²) in [5, 5.41) is 8.02. The lowest BCUT2D eigenvalue weighted by molar-refractivity contribution is 0.414. The topological polar surface area (TPSA) is 66.0 Å². The molecular formula is C12H16N4O.